The Labute approximate surface area is 112 Å². The van der Waals surface area contributed by atoms with E-state index < -0.39 is 0 Å². The van der Waals surface area contributed by atoms with Gasteiger partial charge < -0.3 is 5.11 Å². The van der Waals surface area contributed by atoms with E-state index in [1.807, 2.05) is 0 Å². The maximum Gasteiger partial charge on any atom is 0.138 e. The van der Waals surface area contributed by atoms with Crippen molar-refractivity contribution in [2.24, 2.45) is 5.92 Å². The molecule has 0 spiro atoms. The van der Waals surface area contributed by atoms with Crippen molar-refractivity contribution >= 4 is 5.78 Å². The number of Topliss-reactive ketones (excluding diaryl/α,β-unsaturated/α-hetero) is 1. The molecule has 106 valence electrons. The van der Waals surface area contributed by atoms with Crippen LogP contribution in [-0.2, 0) is 4.79 Å². The van der Waals surface area contributed by atoms with Crippen LogP contribution in [0.5, 0.6) is 0 Å². The molecular weight excluding hydrogens is 224 g/mol. The van der Waals surface area contributed by atoms with Crippen LogP contribution in [0.15, 0.2) is 0 Å². The van der Waals surface area contributed by atoms with Gasteiger partial charge in [-0.1, -0.05) is 58.3 Å². The third kappa shape index (κ3) is 5.99. The molecule has 1 aliphatic rings. The lowest BCUT2D eigenvalue weighted by Gasteiger charge is -2.16. The van der Waals surface area contributed by atoms with Gasteiger partial charge in [-0.05, 0) is 19.3 Å². The van der Waals surface area contributed by atoms with Gasteiger partial charge in [-0.2, -0.15) is 0 Å². The first-order chi connectivity index (χ1) is 8.75. The van der Waals surface area contributed by atoms with Crippen molar-refractivity contribution in [1.82, 2.24) is 0 Å². The van der Waals surface area contributed by atoms with Crippen LogP contribution in [0.25, 0.3) is 0 Å². The lowest BCUT2D eigenvalue weighted by molar-refractivity contribution is -0.123. The zero-order valence-corrected chi connectivity index (χ0v) is 12.0. The lowest BCUT2D eigenvalue weighted by Crippen LogP contribution is -2.23. The fourth-order valence-electron chi connectivity index (χ4n) is 2.94. The molecule has 2 unspecified atom stereocenters. The number of hydrogen-bond acceptors (Lipinski definition) is 2. The molecule has 0 aromatic rings. The Morgan fingerprint density at radius 2 is 1.72 bits per heavy atom. The Balaban J connectivity index is 1.92. The molecule has 0 aromatic heterocycles. The first kappa shape index (κ1) is 15.7. The van der Waals surface area contributed by atoms with Crippen molar-refractivity contribution in [3.05, 3.63) is 0 Å². The fraction of sp³-hybridized carbons (Fsp3) is 0.938. The average Bonchev–Trinajstić information content (AvgIpc) is 2.79. The summed E-state index contributed by atoms with van der Waals surface area (Å²) in [5, 5.41) is 9.97. The number of carbonyl (C=O) groups excluding carboxylic acids is 1. The van der Waals surface area contributed by atoms with Gasteiger partial charge in [0.25, 0.3) is 0 Å². The van der Waals surface area contributed by atoms with E-state index in [0.717, 1.165) is 25.7 Å². The molecule has 2 nitrogen and oxygen atoms in total. The summed E-state index contributed by atoms with van der Waals surface area (Å²) in [6.45, 7) is 2.24. The van der Waals surface area contributed by atoms with Crippen LogP contribution in [0.4, 0.5) is 0 Å². The van der Waals surface area contributed by atoms with E-state index >= 15 is 0 Å². The summed E-state index contributed by atoms with van der Waals surface area (Å²) in [4.78, 5) is 11.5. The second kappa shape index (κ2) is 9.55. The summed E-state index contributed by atoms with van der Waals surface area (Å²) < 4.78 is 0. The first-order valence-corrected chi connectivity index (χ1v) is 7.96. The molecule has 1 fully saturated rings. The van der Waals surface area contributed by atoms with Crippen molar-refractivity contribution in [2.75, 3.05) is 0 Å². The maximum atomic E-state index is 11.5. The summed E-state index contributed by atoms with van der Waals surface area (Å²) in [7, 11) is 0. The van der Waals surface area contributed by atoms with Crippen LogP contribution in [-0.4, -0.2) is 17.0 Å². The molecular formula is C16H30O2. The van der Waals surface area contributed by atoms with E-state index in [1.165, 1.54) is 44.9 Å². The molecule has 18 heavy (non-hydrogen) atoms. The minimum atomic E-state index is -0.361. The van der Waals surface area contributed by atoms with Gasteiger partial charge in [0, 0.05) is 12.3 Å². The number of rotatable bonds is 10. The largest absolute Gasteiger partial charge is 0.392 e. The van der Waals surface area contributed by atoms with E-state index in [1.54, 1.807) is 0 Å². The van der Waals surface area contributed by atoms with Crippen LogP contribution in [0.1, 0.15) is 84.0 Å². The molecule has 0 aliphatic heterocycles. The molecule has 0 amide bonds. The predicted molar refractivity (Wildman–Crippen MR) is 75.6 cm³/mol. The van der Waals surface area contributed by atoms with E-state index in [-0.39, 0.29) is 12.0 Å². The Kier molecular flexibility index (Phi) is 8.32. The van der Waals surface area contributed by atoms with Gasteiger partial charge in [0.05, 0.1) is 6.10 Å². The molecule has 0 saturated heterocycles. The molecule has 1 N–H and O–H groups in total. The summed E-state index contributed by atoms with van der Waals surface area (Å²) in [5.74, 6) is 0.261. The van der Waals surface area contributed by atoms with Crippen molar-refractivity contribution < 1.29 is 9.90 Å². The van der Waals surface area contributed by atoms with Gasteiger partial charge >= 0.3 is 0 Å². The maximum absolute atomic E-state index is 11.5. The van der Waals surface area contributed by atoms with Gasteiger partial charge in [0.15, 0.2) is 0 Å². The topological polar surface area (TPSA) is 37.3 Å². The van der Waals surface area contributed by atoms with Gasteiger partial charge in [0.2, 0.25) is 0 Å². The number of carbonyl (C=O) groups is 1. The van der Waals surface area contributed by atoms with E-state index in [9.17, 15) is 9.90 Å². The highest BCUT2D eigenvalue weighted by Crippen LogP contribution is 2.27. The summed E-state index contributed by atoms with van der Waals surface area (Å²) in [6, 6.07) is 0. The quantitative estimate of drug-likeness (QED) is 0.592. The summed E-state index contributed by atoms with van der Waals surface area (Å²) >= 11 is 0. The van der Waals surface area contributed by atoms with Crippen molar-refractivity contribution in [3.8, 4) is 0 Å². The zero-order chi connectivity index (χ0) is 13.2. The molecule has 0 bridgehead atoms. The number of aliphatic hydroxyl groups is 1. The molecule has 1 rings (SSSR count). The number of unbranched alkanes of at least 4 members (excludes halogenated alkanes) is 7. The van der Waals surface area contributed by atoms with Gasteiger partial charge in [-0.15, -0.1) is 0 Å². The number of hydrogen-bond donors (Lipinski definition) is 1. The molecule has 0 radical (unpaired) electrons. The summed E-state index contributed by atoms with van der Waals surface area (Å²) in [5.41, 5.74) is 0. The van der Waals surface area contributed by atoms with E-state index in [4.69, 9.17) is 0 Å². The van der Waals surface area contributed by atoms with Crippen LogP contribution in [0, 0.1) is 5.92 Å². The molecule has 1 saturated carbocycles. The van der Waals surface area contributed by atoms with Crippen molar-refractivity contribution in [3.63, 3.8) is 0 Å². The SMILES string of the molecule is CCCCCCCCCCC(O)C1CCCC1=O. The molecule has 2 heteroatoms. The normalized spacial score (nSPS) is 21.4. The molecule has 2 atom stereocenters. The second-order valence-electron chi connectivity index (χ2n) is 5.80. The monoisotopic (exact) mass is 254 g/mol. The van der Waals surface area contributed by atoms with Crippen molar-refractivity contribution in [1.29, 1.82) is 0 Å². The zero-order valence-electron chi connectivity index (χ0n) is 12.0. The third-order valence-electron chi connectivity index (χ3n) is 4.17. The van der Waals surface area contributed by atoms with Gasteiger partial charge in [-0.25, -0.2) is 0 Å². The van der Waals surface area contributed by atoms with Crippen LogP contribution in [0.2, 0.25) is 0 Å². The smallest absolute Gasteiger partial charge is 0.138 e. The van der Waals surface area contributed by atoms with E-state index in [0.29, 0.717) is 12.2 Å². The summed E-state index contributed by atoms with van der Waals surface area (Å²) in [6.07, 6.45) is 13.4. The van der Waals surface area contributed by atoms with Gasteiger partial charge in [-0.3, -0.25) is 4.79 Å². The third-order valence-corrected chi connectivity index (χ3v) is 4.17. The molecule has 1 aliphatic carbocycles. The first-order valence-electron chi connectivity index (χ1n) is 7.96. The highest BCUT2D eigenvalue weighted by atomic mass is 16.3. The Morgan fingerprint density at radius 3 is 2.28 bits per heavy atom. The highest BCUT2D eigenvalue weighted by molar-refractivity contribution is 5.83. The van der Waals surface area contributed by atoms with Gasteiger partial charge in [0.1, 0.15) is 5.78 Å². The minimum absolute atomic E-state index is 0.0328. The lowest BCUT2D eigenvalue weighted by atomic mass is 9.95. The minimum Gasteiger partial charge on any atom is -0.392 e. The molecule has 0 aromatic carbocycles. The van der Waals surface area contributed by atoms with Crippen LogP contribution < -0.4 is 0 Å². The fourth-order valence-corrected chi connectivity index (χ4v) is 2.94. The van der Waals surface area contributed by atoms with Crippen LogP contribution in [0.3, 0.4) is 0 Å². The van der Waals surface area contributed by atoms with Crippen molar-refractivity contribution in [2.45, 2.75) is 90.1 Å². The Morgan fingerprint density at radius 1 is 1.11 bits per heavy atom. The molecule has 0 heterocycles. The number of ketones is 1. The number of aliphatic hydroxyl groups excluding tert-OH is 1. The predicted octanol–water partition coefficient (Wildman–Crippen LogP) is 4.25. The van der Waals surface area contributed by atoms with E-state index in [2.05, 4.69) is 6.92 Å². The Bertz CT molecular complexity index is 225. The Hall–Kier alpha value is -0.370. The highest BCUT2D eigenvalue weighted by Gasteiger charge is 2.30. The second-order valence-corrected chi connectivity index (χ2v) is 5.80. The van der Waals surface area contributed by atoms with Crippen LogP contribution >= 0.6 is 0 Å². The standard InChI is InChI=1S/C16H30O2/c1-2-3-4-5-6-7-8-9-12-15(17)14-11-10-13-16(14)18/h14-15,17H,2-13H2,1H3. The average molecular weight is 254 g/mol.